The van der Waals surface area contributed by atoms with Gasteiger partial charge in [-0.05, 0) is 156 Å². The molecule has 0 aromatic heterocycles. The summed E-state index contributed by atoms with van der Waals surface area (Å²) in [6.45, 7) is 5.26. The molecule has 0 aliphatic carbocycles. The monoisotopic (exact) mass is 896 g/mol. The lowest BCUT2D eigenvalue weighted by atomic mass is 10.0. The van der Waals surface area contributed by atoms with Gasteiger partial charge in [0.2, 0.25) is 20.0 Å². The number of sulfonamides is 2. The van der Waals surface area contributed by atoms with Crippen LogP contribution in [0.25, 0.3) is 0 Å². The topological polar surface area (TPSA) is 84.0 Å². The van der Waals surface area contributed by atoms with E-state index in [4.69, 9.17) is 17.6 Å². The third-order valence-corrected chi connectivity index (χ3v) is 12.9. The van der Waals surface area contributed by atoms with Crippen molar-refractivity contribution < 1.29 is 21.6 Å². The molecule has 0 saturated carbocycles. The molecule has 2 aromatic rings. The van der Waals surface area contributed by atoms with Crippen LogP contribution in [0.2, 0.25) is 0 Å². The van der Waals surface area contributed by atoms with Crippen molar-refractivity contribution in [2.24, 2.45) is 0 Å². The molecule has 9 heteroatoms. The molecular weight excluding hydrogens is 857 g/mol. The SMILES string of the molecule is C#CC#CC#CC#CC#CC#CC#CC#CC#CC#CC#CC#CC#CC#CC#C.CCCCc1ccc(S(=O)(=O)N2CCC3(CC2)OCCN3S(=O)(=O)c2ccc(CCCC)cc2)cc1. The van der Waals surface area contributed by atoms with Gasteiger partial charge in [-0.25, -0.2) is 16.8 Å². The van der Waals surface area contributed by atoms with Crippen LogP contribution in [0.1, 0.15) is 63.5 Å². The number of terminal acetylenes is 2. The summed E-state index contributed by atoms with van der Waals surface area (Å²) in [7, 11) is -7.41. The Balaban J connectivity index is 0.000000358. The number of ether oxygens (including phenoxy) is 1. The lowest BCUT2D eigenvalue weighted by Crippen LogP contribution is -2.55. The van der Waals surface area contributed by atoms with Crippen molar-refractivity contribution in [1.29, 1.82) is 0 Å². The van der Waals surface area contributed by atoms with Crippen LogP contribution in [-0.2, 0) is 37.6 Å². The zero-order valence-corrected chi connectivity index (χ0v) is 38.1. The molecule has 0 radical (unpaired) electrons. The minimum Gasteiger partial charge on any atom is -0.358 e. The highest BCUT2D eigenvalue weighted by atomic mass is 32.2. The molecule has 66 heavy (non-hydrogen) atoms. The molecule has 2 aromatic carbocycles. The van der Waals surface area contributed by atoms with Gasteiger partial charge in [0.15, 0.2) is 0 Å². The van der Waals surface area contributed by atoms with Crippen LogP contribution < -0.4 is 0 Å². The first-order valence-electron chi connectivity index (χ1n) is 20.4. The molecule has 1 spiro atoms. The zero-order chi connectivity index (χ0) is 47.6. The highest BCUT2D eigenvalue weighted by Crippen LogP contribution is 2.39. The fourth-order valence-corrected chi connectivity index (χ4v) is 9.08. The first kappa shape index (κ1) is 52.0. The van der Waals surface area contributed by atoms with Gasteiger partial charge in [0.25, 0.3) is 0 Å². The van der Waals surface area contributed by atoms with Crippen LogP contribution >= 0.6 is 0 Å². The first-order valence-corrected chi connectivity index (χ1v) is 23.3. The van der Waals surface area contributed by atoms with Crippen molar-refractivity contribution in [2.45, 2.75) is 80.7 Å². The number of benzene rings is 2. The molecule has 2 saturated heterocycles. The van der Waals surface area contributed by atoms with Crippen molar-refractivity contribution in [2.75, 3.05) is 26.2 Å². The molecule has 0 bridgehead atoms. The summed E-state index contributed by atoms with van der Waals surface area (Å²) in [5.41, 5.74) is 1.25. The molecule has 0 N–H and O–H groups in total. The third-order valence-electron chi connectivity index (χ3n) is 9.04. The Bertz CT molecular complexity index is 3150. The first-order chi connectivity index (χ1) is 32.1. The maximum absolute atomic E-state index is 13.6. The summed E-state index contributed by atoms with van der Waals surface area (Å²) < 4.78 is 62.6. The van der Waals surface area contributed by atoms with E-state index in [1.807, 2.05) is 24.3 Å². The summed E-state index contributed by atoms with van der Waals surface area (Å²) in [6, 6.07) is 14.2. The highest BCUT2D eigenvalue weighted by molar-refractivity contribution is 7.89. The average Bonchev–Trinajstić information content (AvgIpc) is 3.75. The summed E-state index contributed by atoms with van der Waals surface area (Å²) in [5, 5.41) is 0. The second kappa shape index (κ2) is 29.8. The molecule has 0 amide bonds. The van der Waals surface area contributed by atoms with E-state index in [0.29, 0.717) is 19.4 Å². The third kappa shape index (κ3) is 18.1. The minimum atomic E-state index is -3.76. The van der Waals surface area contributed by atoms with E-state index < -0.39 is 25.8 Å². The van der Waals surface area contributed by atoms with Crippen LogP contribution in [0, 0.1) is 179 Å². The molecule has 7 nitrogen and oxygen atoms in total. The van der Waals surface area contributed by atoms with E-state index in [2.05, 4.69) is 180 Å². The van der Waals surface area contributed by atoms with Crippen molar-refractivity contribution in [3.8, 4) is 179 Å². The number of rotatable bonds is 10. The molecule has 0 atom stereocenters. The fraction of sp³-hybridized carbons (Fsp3) is 0.263. The highest BCUT2D eigenvalue weighted by Gasteiger charge is 2.51. The maximum atomic E-state index is 13.6. The summed E-state index contributed by atoms with van der Waals surface area (Å²) in [4.78, 5) is 0.532. The Hall–Kier alpha value is -8.38. The number of piperidine rings is 1. The number of aryl methyl sites for hydroxylation is 2. The predicted octanol–water partition coefficient (Wildman–Crippen LogP) is 4.87. The van der Waals surface area contributed by atoms with Gasteiger partial charge in [-0.15, -0.1) is 12.8 Å². The molecule has 4 rings (SSSR count). The molecule has 2 fully saturated rings. The van der Waals surface area contributed by atoms with Gasteiger partial charge in [-0.3, -0.25) is 0 Å². The molecule has 2 heterocycles. The van der Waals surface area contributed by atoms with Gasteiger partial charge in [-0.1, -0.05) is 51.0 Å². The average molecular weight is 897 g/mol. The fourth-order valence-electron chi connectivity index (χ4n) is 5.92. The van der Waals surface area contributed by atoms with Crippen molar-refractivity contribution in [1.82, 2.24) is 8.61 Å². The minimum absolute atomic E-state index is 0.210. The number of unbranched alkanes of at least 4 members (excludes halogenated alkanes) is 2. The Labute approximate surface area is 393 Å². The smallest absolute Gasteiger partial charge is 0.245 e. The lowest BCUT2D eigenvalue weighted by Gasteiger charge is -2.42. The Morgan fingerprint density at radius 1 is 0.470 bits per heavy atom. The van der Waals surface area contributed by atoms with Gasteiger partial charge in [0.05, 0.1) is 16.4 Å². The van der Waals surface area contributed by atoms with Crippen molar-refractivity contribution >= 4 is 20.0 Å². The second-order valence-electron chi connectivity index (χ2n) is 13.3. The number of hydrogen-bond acceptors (Lipinski definition) is 5. The second-order valence-corrected chi connectivity index (χ2v) is 17.1. The summed E-state index contributed by atoms with van der Waals surface area (Å²) in [5.74, 6) is 68.2. The van der Waals surface area contributed by atoms with Gasteiger partial charge in [-0.2, -0.15) is 8.61 Å². The quantitative estimate of drug-likeness (QED) is 0.319. The molecule has 2 aliphatic heterocycles. The standard InChI is InChI=1S/C30H2.C27H38N2O5S2/c1-3-5-7-9-11-13-15-17-19-21-23-25-27-29-30-28-26-24-22-20-18-16-14-12-10-8-6-4-2;1-3-5-7-23-9-13-25(14-10-23)35(30,31)28-19-17-27(18-20-28)29(21-22-34-27)36(32,33)26-15-11-24(12-16-26)8-6-4-2/h1-2H;9-16H,3-8,17-22H2,1-2H3. The van der Waals surface area contributed by atoms with E-state index >= 15 is 0 Å². The predicted molar refractivity (Wildman–Crippen MR) is 259 cm³/mol. The Morgan fingerprint density at radius 3 is 1.08 bits per heavy atom. The van der Waals surface area contributed by atoms with Crippen molar-refractivity contribution in [3.05, 3.63) is 59.7 Å². The molecule has 2 aliphatic rings. The van der Waals surface area contributed by atoms with Crippen LogP contribution in [0.5, 0.6) is 0 Å². The van der Waals surface area contributed by atoms with Crippen molar-refractivity contribution in [3.63, 3.8) is 0 Å². The summed E-state index contributed by atoms with van der Waals surface area (Å²) in [6.07, 6.45) is 16.6. The van der Waals surface area contributed by atoms with Gasteiger partial charge < -0.3 is 4.74 Å². The molecular formula is C57H40N2O5S2. The number of hydrogen-bond donors (Lipinski definition) is 0. The van der Waals surface area contributed by atoms with Crippen LogP contribution in [0.4, 0.5) is 0 Å². The van der Waals surface area contributed by atoms with E-state index in [1.165, 1.54) is 8.61 Å². The van der Waals surface area contributed by atoms with E-state index in [-0.39, 0.29) is 29.4 Å². The van der Waals surface area contributed by atoms with Crippen LogP contribution in [0.3, 0.4) is 0 Å². The Morgan fingerprint density at radius 2 is 0.773 bits per heavy atom. The zero-order valence-electron chi connectivity index (χ0n) is 36.5. The summed E-state index contributed by atoms with van der Waals surface area (Å²) >= 11 is 0. The van der Waals surface area contributed by atoms with E-state index in [1.54, 1.807) is 24.3 Å². The van der Waals surface area contributed by atoms with Gasteiger partial charge in [0, 0.05) is 104 Å². The maximum Gasteiger partial charge on any atom is 0.245 e. The Kier molecular flexibility index (Phi) is 23.5. The van der Waals surface area contributed by atoms with Crippen LogP contribution in [0.15, 0.2) is 58.3 Å². The molecule has 320 valence electrons. The molecule has 0 unspecified atom stereocenters. The van der Waals surface area contributed by atoms with Crippen LogP contribution in [-0.4, -0.2) is 57.4 Å². The van der Waals surface area contributed by atoms with E-state index in [0.717, 1.165) is 49.7 Å². The normalized spacial score (nSPS) is 12.2. The van der Waals surface area contributed by atoms with E-state index in [9.17, 15) is 16.8 Å². The lowest BCUT2D eigenvalue weighted by molar-refractivity contribution is -0.0806. The largest absolute Gasteiger partial charge is 0.358 e. The van der Waals surface area contributed by atoms with Gasteiger partial charge in [0.1, 0.15) is 5.72 Å². The van der Waals surface area contributed by atoms with Gasteiger partial charge >= 0.3 is 0 Å². The number of nitrogens with zero attached hydrogens (tertiary/aromatic N) is 2.